The normalized spacial score (nSPS) is 10.8. The Bertz CT molecular complexity index is 628. The molecule has 0 fully saturated rings. The van der Waals surface area contributed by atoms with Crippen molar-refractivity contribution in [1.82, 2.24) is 25.4 Å². The molecule has 23 heavy (non-hydrogen) atoms. The zero-order chi connectivity index (χ0) is 15.8. The van der Waals surface area contributed by atoms with E-state index in [2.05, 4.69) is 25.7 Å². The molecule has 126 valence electrons. The number of ether oxygens (including phenoxy) is 1. The first-order valence-corrected chi connectivity index (χ1v) is 7.22. The monoisotopic (exact) mass is 430 g/mol. The summed E-state index contributed by atoms with van der Waals surface area (Å²) in [5.41, 5.74) is 1.13. The number of guanidine groups is 1. The molecule has 2 N–H and O–H groups in total. The highest BCUT2D eigenvalue weighted by Gasteiger charge is 2.03. The van der Waals surface area contributed by atoms with Gasteiger partial charge in [0.25, 0.3) is 0 Å². The van der Waals surface area contributed by atoms with E-state index in [-0.39, 0.29) is 24.0 Å². The number of nitrogens with zero attached hydrogens (tertiary/aromatic N) is 4. The van der Waals surface area contributed by atoms with Crippen molar-refractivity contribution in [3.63, 3.8) is 0 Å². The van der Waals surface area contributed by atoms with E-state index in [0.29, 0.717) is 25.7 Å². The van der Waals surface area contributed by atoms with E-state index in [4.69, 9.17) is 4.74 Å². The molecular weight excluding hydrogens is 407 g/mol. The van der Waals surface area contributed by atoms with E-state index in [0.717, 1.165) is 17.1 Å². The van der Waals surface area contributed by atoms with Gasteiger partial charge in [-0.3, -0.25) is 9.67 Å². The highest BCUT2D eigenvalue weighted by molar-refractivity contribution is 14.0. The Kier molecular flexibility index (Phi) is 8.38. The first-order valence-electron chi connectivity index (χ1n) is 7.22. The van der Waals surface area contributed by atoms with Crippen LogP contribution in [0.4, 0.5) is 0 Å². The minimum absolute atomic E-state index is 0. The van der Waals surface area contributed by atoms with Gasteiger partial charge in [0.2, 0.25) is 0 Å². The van der Waals surface area contributed by atoms with Crippen LogP contribution in [0, 0.1) is 0 Å². The smallest absolute Gasteiger partial charge is 0.191 e. The fourth-order valence-electron chi connectivity index (χ4n) is 1.96. The third-order valence-corrected chi connectivity index (χ3v) is 3.11. The summed E-state index contributed by atoms with van der Waals surface area (Å²) in [4.78, 5) is 8.36. The Balaban J connectivity index is 0.00000264. The minimum Gasteiger partial charge on any atom is -0.494 e. The average Bonchev–Trinajstić information content (AvgIpc) is 2.93. The third kappa shape index (κ3) is 6.05. The van der Waals surface area contributed by atoms with Gasteiger partial charge in [0.15, 0.2) is 5.96 Å². The molecule has 1 heterocycles. The van der Waals surface area contributed by atoms with Crippen molar-refractivity contribution in [2.45, 2.75) is 20.0 Å². The Morgan fingerprint density at radius 3 is 2.74 bits per heavy atom. The van der Waals surface area contributed by atoms with Crippen molar-refractivity contribution in [3.8, 4) is 5.75 Å². The second-order valence-corrected chi connectivity index (χ2v) is 4.66. The second kappa shape index (κ2) is 10.0. The Morgan fingerprint density at radius 2 is 2.09 bits per heavy atom. The summed E-state index contributed by atoms with van der Waals surface area (Å²) < 4.78 is 7.23. The molecule has 0 spiro atoms. The third-order valence-electron chi connectivity index (χ3n) is 3.11. The van der Waals surface area contributed by atoms with E-state index < -0.39 is 0 Å². The lowest BCUT2D eigenvalue weighted by Gasteiger charge is -2.12. The summed E-state index contributed by atoms with van der Waals surface area (Å²) in [6, 6.07) is 8.00. The molecule has 0 aliphatic rings. The summed E-state index contributed by atoms with van der Waals surface area (Å²) in [6.45, 7) is 3.87. The first kappa shape index (κ1) is 19.2. The van der Waals surface area contributed by atoms with Crippen LogP contribution in [-0.2, 0) is 20.1 Å². The summed E-state index contributed by atoms with van der Waals surface area (Å²) in [7, 11) is 3.60. The van der Waals surface area contributed by atoms with Gasteiger partial charge in [-0.05, 0) is 24.6 Å². The summed E-state index contributed by atoms with van der Waals surface area (Å²) in [5.74, 6) is 2.44. The molecule has 0 bridgehead atoms. The zero-order valence-corrected chi connectivity index (χ0v) is 15.9. The van der Waals surface area contributed by atoms with Gasteiger partial charge in [0, 0.05) is 20.6 Å². The molecular formula is C15H23IN6O. The van der Waals surface area contributed by atoms with Gasteiger partial charge in [-0.15, -0.1) is 24.0 Å². The Hall–Kier alpha value is -1.84. The maximum Gasteiger partial charge on any atom is 0.191 e. The molecule has 1 aromatic carbocycles. The molecule has 0 unspecified atom stereocenters. The summed E-state index contributed by atoms with van der Waals surface area (Å²) in [5, 5.41) is 10.5. The molecule has 0 atom stereocenters. The number of aliphatic imine (C=N–C) groups is 1. The van der Waals surface area contributed by atoms with Crippen molar-refractivity contribution < 1.29 is 4.74 Å². The first-order chi connectivity index (χ1) is 10.7. The molecule has 7 nitrogen and oxygen atoms in total. The van der Waals surface area contributed by atoms with Gasteiger partial charge in [-0.25, -0.2) is 4.98 Å². The fraction of sp³-hybridized carbons (Fsp3) is 0.400. The summed E-state index contributed by atoms with van der Waals surface area (Å²) in [6.07, 6.45) is 1.53. The van der Waals surface area contributed by atoms with Crippen LogP contribution in [0.1, 0.15) is 18.3 Å². The quantitative estimate of drug-likeness (QED) is 0.415. The molecule has 8 heteroatoms. The second-order valence-electron chi connectivity index (χ2n) is 4.66. The van der Waals surface area contributed by atoms with Crippen LogP contribution in [0.5, 0.6) is 5.75 Å². The fourth-order valence-corrected chi connectivity index (χ4v) is 1.96. The zero-order valence-electron chi connectivity index (χ0n) is 13.6. The van der Waals surface area contributed by atoms with Gasteiger partial charge in [-0.2, -0.15) is 5.10 Å². The van der Waals surface area contributed by atoms with Crippen LogP contribution in [0.3, 0.4) is 0 Å². The van der Waals surface area contributed by atoms with Gasteiger partial charge >= 0.3 is 0 Å². The van der Waals surface area contributed by atoms with Gasteiger partial charge < -0.3 is 15.4 Å². The lowest BCUT2D eigenvalue weighted by molar-refractivity contribution is 0.340. The maximum absolute atomic E-state index is 5.50. The van der Waals surface area contributed by atoms with Crippen LogP contribution in [0.15, 0.2) is 35.6 Å². The number of hydrogen-bond acceptors (Lipinski definition) is 4. The maximum atomic E-state index is 5.50. The van der Waals surface area contributed by atoms with Crippen molar-refractivity contribution in [2.24, 2.45) is 12.0 Å². The van der Waals surface area contributed by atoms with E-state index in [1.807, 2.05) is 38.2 Å². The Labute approximate surface area is 153 Å². The van der Waals surface area contributed by atoms with E-state index in [1.165, 1.54) is 6.33 Å². The van der Waals surface area contributed by atoms with Crippen LogP contribution in [-0.4, -0.2) is 34.4 Å². The number of nitrogens with one attached hydrogen (secondary N) is 2. The van der Waals surface area contributed by atoms with Crippen molar-refractivity contribution >= 4 is 29.9 Å². The number of aromatic nitrogens is 3. The Morgan fingerprint density at radius 1 is 1.30 bits per heavy atom. The van der Waals surface area contributed by atoms with E-state index in [1.54, 1.807) is 11.7 Å². The summed E-state index contributed by atoms with van der Waals surface area (Å²) >= 11 is 0. The van der Waals surface area contributed by atoms with Gasteiger partial charge in [0.05, 0.1) is 13.2 Å². The molecule has 1 aromatic heterocycles. The molecule has 0 radical (unpaired) electrons. The number of benzene rings is 1. The molecule has 2 rings (SSSR count). The van der Waals surface area contributed by atoms with Crippen molar-refractivity contribution in [3.05, 3.63) is 42.0 Å². The number of halogens is 1. The number of rotatable bonds is 6. The minimum atomic E-state index is 0. The molecule has 2 aromatic rings. The van der Waals surface area contributed by atoms with Crippen LogP contribution in [0.25, 0.3) is 0 Å². The molecule has 0 saturated carbocycles. The highest BCUT2D eigenvalue weighted by Crippen LogP contribution is 2.12. The predicted octanol–water partition coefficient (Wildman–Crippen LogP) is 1.70. The van der Waals surface area contributed by atoms with E-state index in [9.17, 15) is 0 Å². The largest absolute Gasteiger partial charge is 0.494 e. The van der Waals surface area contributed by atoms with Gasteiger partial charge in [-0.1, -0.05) is 12.1 Å². The molecule has 0 aliphatic heterocycles. The van der Waals surface area contributed by atoms with Crippen molar-refractivity contribution in [1.29, 1.82) is 0 Å². The van der Waals surface area contributed by atoms with Crippen molar-refractivity contribution in [2.75, 3.05) is 13.7 Å². The number of aryl methyl sites for hydroxylation is 1. The highest BCUT2D eigenvalue weighted by atomic mass is 127. The van der Waals surface area contributed by atoms with Crippen LogP contribution < -0.4 is 15.4 Å². The lowest BCUT2D eigenvalue weighted by atomic mass is 10.2. The molecule has 0 amide bonds. The predicted molar refractivity (Wildman–Crippen MR) is 101 cm³/mol. The standard InChI is InChI=1S/C15H22N6O.HI/c1-4-22-13-7-5-6-12(8-13)9-17-15(16-2)18-10-14-19-11-20-21(14)3;/h5-8,11H,4,9-10H2,1-3H3,(H2,16,17,18);1H. The van der Waals surface area contributed by atoms with Gasteiger partial charge in [0.1, 0.15) is 17.9 Å². The lowest BCUT2D eigenvalue weighted by Crippen LogP contribution is -2.36. The number of hydrogen-bond donors (Lipinski definition) is 2. The molecule has 0 aliphatic carbocycles. The van der Waals surface area contributed by atoms with E-state index >= 15 is 0 Å². The van der Waals surface area contributed by atoms with Crippen LogP contribution >= 0.6 is 24.0 Å². The average molecular weight is 430 g/mol. The topological polar surface area (TPSA) is 76.4 Å². The molecule has 0 saturated heterocycles. The van der Waals surface area contributed by atoms with Crippen LogP contribution in [0.2, 0.25) is 0 Å². The SMILES string of the molecule is CCOc1cccc(CNC(=NC)NCc2ncnn2C)c1.I.